The summed E-state index contributed by atoms with van der Waals surface area (Å²) in [5.74, 6) is -0.523. The molecule has 0 unspecified atom stereocenters. The molecule has 0 saturated carbocycles. The second kappa shape index (κ2) is 10.8. The van der Waals surface area contributed by atoms with E-state index in [0.29, 0.717) is 29.2 Å². The first-order chi connectivity index (χ1) is 17.7. The lowest BCUT2D eigenvalue weighted by atomic mass is 9.98. The molecule has 2 aromatic carbocycles. The van der Waals surface area contributed by atoms with Crippen molar-refractivity contribution in [2.24, 2.45) is 0 Å². The van der Waals surface area contributed by atoms with Gasteiger partial charge in [0.1, 0.15) is 4.88 Å². The summed E-state index contributed by atoms with van der Waals surface area (Å²) in [7, 11) is 0. The molecule has 8 heteroatoms. The van der Waals surface area contributed by atoms with E-state index in [1.807, 2.05) is 35.1 Å². The van der Waals surface area contributed by atoms with Crippen LogP contribution in [0, 0.1) is 0 Å². The van der Waals surface area contributed by atoms with E-state index in [-0.39, 0.29) is 11.8 Å². The number of anilines is 1. The third-order valence-corrected chi connectivity index (χ3v) is 6.60. The van der Waals surface area contributed by atoms with E-state index < -0.39 is 0 Å². The van der Waals surface area contributed by atoms with Crippen molar-refractivity contribution < 1.29 is 9.59 Å². The van der Waals surface area contributed by atoms with Crippen LogP contribution in [0.1, 0.15) is 31.2 Å². The van der Waals surface area contributed by atoms with Crippen LogP contribution in [0.15, 0.2) is 103 Å². The van der Waals surface area contributed by atoms with E-state index in [1.54, 1.807) is 42.2 Å². The van der Waals surface area contributed by atoms with E-state index in [0.717, 1.165) is 22.3 Å². The first-order valence-electron chi connectivity index (χ1n) is 11.4. The Morgan fingerprint density at radius 3 is 2.44 bits per heavy atom. The number of rotatable bonds is 8. The molecule has 0 aliphatic carbocycles. The average Bonchev–Trinajstić information content (AvgIpc) is 3.61. The van der Waals surface area contributed by atoms with Gasteiger partial charge in [-0.15, -0.1) is 11.3 Å². The van der Waals surface area contributed by atoms with Gasteiger partial charge in [-0.25, -0.2) is 0 Å². The zero-order valence-corrected chi connectivity index (χ0v) is 20.1. The molecule has 0 saturated heterocycles. The van der Waals surface area contributed by atoms with Crippen molar-refractivity contribution in [3.05, 3.63) is 125 Å². The normalized spacial score (nSPS) is 10.7. The molecule has 0 atom stereocenters. The van der Waals surface area contributed by atoms with Crippen LogP contribution in [0.4, 0.5) is 5.69 Å². The van der Waals surface area contributed by atoms with E-state index >= 15 is 0 Å². The fourth-order valence-electron chi connectivity index (χ4n) is 3.86. The lowest BCUT2D eigenvalue weighted by Gasteiger charge is -2.12. The topological polar surface area (TPSA) is 88.9 Å². The van der Waals surface area contributed by atoms with Crippen molar-refractivity contribution in [3.63, 3.8) is 0 Å². The third-order valence-electron chi connectivity index (χ3n) is 5.69. The van der Waals surface area contributed by atoms with Gasteiger partial charge < -0.3 is 10.6 Å². The minimum Gasteiger partial charge on any atom is -0.347 e. The molecule has 5 aromatic rings. The van der Waals surface area contributed by atoms with Crippen LogP contribution in [0.25, 0.3) is 11.1 Å². The molecule has 36 heavy (non-hydrogen) atoms. The molecule has 0 spiro atoms. The standard InChI is InChI=1S/C28H23N5O2S/c34-27(22-10-14-29-15-11-22)32-25-12-17-36-26(25)28(35)30-18-23-4-1-2-5-24(23)21-8-6-20(7-9-21)19-33-16-3-13-31-33/h1-17H,18-19H2,(H,30,35)(H,32,34). The molecule has 0 aliphatic rings. The molecular formula is C28H23N5O2S. The monoisotopic (exact) mass is 493 g/mol. The number of benzene rings is 2. The lowest BCUT2D eigenvalue weighted by molar-refractivity contribution is 0.0956. The molecule has 2 amide bonds. The van der Waals surface area contributed by atoms with Crippen molar-refractivity contribution in [2.75, 3.05) is 5.32 Å². The Kier molecular flexibility index (Phi) is 6.95. The third kappa shape index (κ3) is 5.39. The van der Waals surface area contributed by atoms with E-state index in [4.69, 9.17) is 0 Å². The van der Waals surface area contributed by atoms with Crippen molar-refractivity contribution in [2.45, 2.75) is 13.1 Å². The molecule has 5 rings (SSSR count). The lowest BCUT2D eigenvalue weighted by Crippen LogP contribution is -2.24. The van der Waals surface area contributed by atoms with E-state index in [9.17, 15) is 9.59 Å². The van der Waals surface area contributed by atoms with Crippen LogP contribution in [-0.2, 0) is 13.1 Å². The SMILES string of the molecule is O=C(Nc1ccsc1C(=O)NCc1ccccc1-c1ccc(Cn2cccn2)cc1)c1ccncc1. The Labute approximate surface area is 212 Å². The zero-order valence-electron chi connectivity index (χ0n) is 19.3. The van der Waals surface area contributed by atoms with Gasteiger partial charge in [-0.1, -0.05) is 48.5 Å². The highest BCUT2D eigenvalue weighted by molar-refractivity contribution is 7.12. The number of pyridine rings is 1. The van der Waals surface area contributed by atoms with Crippen molar-refractivity contribution in [3.8, 4) is 11.1 Å². The van der Waals surface area contributed by atoms with Gasteiger partial charge in [0.05, 0.1) is 12.2 Å². The van der Waals surface area contributed by atoms with Crippen LogP contribution >= 0.6 is 11.3 Å². The van der Waals surface area contributed by atoms with Crippen molar-refractivity contribution >= 4 is 28.8 Å². The minimum absolute atomic E-state index is 0.237. The summed E-state index contributed by atoms with van der Waals surface area (Å²) >= 11 is 1.29. The largest absolute Gasteiger partial charge is 0.347 e. The number of nitrogens with one attached hydrogen (secondary N) is 2. The number of amides is 2. The smallest absolute Gasteiger partial charge is 0.263 e. The fourth-order valence-corrected chi connectivity index (χ4v) is 4.63. The van der Waals surface area contributed by atoms with Crippen LogP contribution in [0.2, 0.25) is 0 Å². The number of nitrogens with zero attached hydrogens (tertiary/aromatic N) is 3. The Bertz CT molecular complexity index is 1460. The van der Waals surface area contributed by atoms with Gasteiger partial charge in [0.15, 0.2) is 0 Å². The summed E-state index contributed by atoms with van der Waals surface area (Å²) in [6, 6.07) is 23.3. The zero-order chi connectivity index (χ0) is 24.7. The van der Waals surface area contributed by atoms with Gasteiger partial charge in [-0.05, 0) is 51.9 Å². The molecule has 178 valence electrons. The summed E-state index contributed by atoms with van der Waals surface area (Å²) in [6.07, 6.45) is 6.82. The highest BCUT2D eigenvalue weighted by Gasteiger charge is 2.16. The maximum Gasteiger partial charge on any atom is 0.263 e. The Morgan fingerprint density at radius 2 is 1.67 bits per heavy atom. The Morgan fingerprint density at radius 1 is 0.861 bits per heavy atom. The van der Waals surface area contributed by atoms with Gasteiger partial charge in [0.25, 0.3) is 11.8 Å². The molecule has 0 radical (unpaired) electrons. The van der Waals surface area contributed by atoms with Crippen LogP contribution in [0.5, 0.6) is 0 Å². The number of carbonyl (C=O) groups excluding carboxylic acids is 2. The average molecular weight is 494 g/mol. The van der Waals surface area contributed by atoms with E-state index in [2.05, 4.69) is 51.0 Å². The summed E-state index contributed by atoms with van der Waals surface area (Å²) in [4.78, 5) is 29.9. The highest BCUT2D eigenvalue weighted by atomic mass is 32.1. The fraction of sp³-hybridized carbons (Fsp3) is 0.0714. The molecule has 0 bridgehead atoms. The summed E-state index contributed by atoms with van der Waals surface area (Å²) < 4.78 is 1.89. The first kappa shape index (κ1) is 23.2. The molecule has 3 aromatic heterocycles. The van der Waals surface area contributed by atoms with Crippen LogP contribution in [0.3, 0.4) is 0 Å². The molecule has 0 aliphatic heterocycles. The first-order valence-corrected chi connectivity index (χ1v) is 12.3. The van der Waals surface area contributed by atoms with Gasteiger partial charge in [0.2, 0.25) is 0 Å². The predicted molar refractivity (Wildman–Crippen MR) is 141 cm³/mol. The predicted octanol–water partition coefficient (Wildman–Crippen LogP) is 5.24. The Hall–Kier alpha value is -4.56. The van der Waals surface area contributed by atoms with Gasteiger partial charge in [-0.3, -0.25) is 19.3 Å². The van der Waals surface area contributed by atoms with Crippen molar-refractivity contribution in [1.82, 2.24) is 20.1 Å². The summed E-state index contributed by atoms with van der Waals surface area (Å²) in [5, 5.41) is 11.9. The number of aromatic nitrogens is 3. The summed E-state index contributed by atoms with van der Waals surface area (Å²) in [6.45, 7) is 1.07. The molecule has 2 N–H and O–H groups in total. The molecular weight excluding hydrogens is 470 g/mol. The van der Waals surface area contributed by atoms with Crippen LogP contribution < -0.4 is 10.6 Å². The second-order valence-corrected chi connectivity index (χ2v) is 9.01. The number of carbonyl (C=O) groups is 2. The van der Waals surface area contributed by atoms with Gasteiger partial charge in [0, 0.05) is 36.9 Å². The van der Waals surface area contributed by atoms with Gasteiger partial charge >= 0.3 is 0 Å². The highest BCUT2D eigenvalue weighted by Crippen LogP contribution is 2.26. The number of thiophene rings is 1. The molecule has 0 fully saturated rings. The molecule has 7 nitrogen and oxygen atoms in total. The minimum atomic E-state index is -0.286. The van der Waals surface area contributed by atoms with Crippen molar-refractivity contribution in [1.29, 1.82) is 0 Å². The summed E-state index contributed by atoms with van der Waals surface area (Å²) in [5.41, 5.74) is 5.26. The number of hydrogen-bond donors (Lipinski definition) is 2. The van der Waals surface area contributed by atoms with Gasteiger partial charge in [-0.2, -0.15) is 5.10 Å². The number of hydrogen-bond acceptors (Lipinski definition) is 5. The maximum absolute atomic E-state index is 13.0. The molecule has 3 heterocycles. The van der Waals surface area contributed by atoms with E-state index in [1.165, 1.54) is 11.3 Å². The van der Waals surface area contributed by atoms with Crippen LogP contribution in [-0.4, -0.2) is 26.6 Å². The Balaban J connectivity index is 1.26. The second-order valence-electron chi connectivity index (χ2n) is 8.09. The maximum atomic E-state index is 13.0. The quantitative estimate of drug-likeness (QED) is 0.310.